The van der Waals surface area contributed by atoms with E-state index in [0.717, 1.165) is 0 Å². The fraction of sp³-hybridized carbons (Fsp3) is 0.250. The second kappa shape index (κ2) is 2.71. The van der Waals surface area contributed by atoms with Crippen LogP contribution in [0, 0.1) is 0 Å². The third kappa shape index (κ3) is 1.28. The predicted octanol–water partition coefficient (Wildman–Crippen LogP) is 1.45. The van der Waals surface area contributed by atoms with Gasteiger partial charge in [0.25, 0.3) is 0 Å². The smallest absolute Gasteiger partial charge is 0.121 e. The molecule has 0 radical (unpaired) electrons. The molecule has 0 aliphatic rings. The van der Waals surface area contributed by atoms with Crippen molar-refractivity contribution in [2.24, 2.45) is 0 Å². The lowest BCUT2D eigenvalue weighted by Gasteiger charge is -2.05. The summed E-state index contributed by atoms with van der Waals surface area (Å²) in [5.74, 6) is 0.150. The molecule has 0 amide bonds. The van der Waals surface area contributed by atoms with Crippen molar-refractivity contribution < 1.29 is 10.2 Å². The summed E-state index contributed by atoms with van der Waals surface area (Å²) in [5, 5.41) is 18.2. The third-order valence-electron chi connectivity index (χ3n) is 1.39. The van der Waals surface area contributed by atoms with Gasteiger partial charge in [0.15, 0.2) is 0 Å². The van der Waals surface area contributed by atoms with Gasteiger partial charge in [-0.1, -0.05) is 18.2 Å². The van der Waals surface area contributed by atoms with E-state index >= 15 is 0 Å². The molecule has 0 aliphatic carbocycles. The molecule has 1 aromatic carbocycles. The van der Waals surface area contributed by atoms with Crippen LogP contribution < -0.4 is 0 Å². The number of hydrogen-bond donors (Lipinski definition) is 2. The van der Waals surface area contributed by atoms with Gasteiger partial charge in [0.1, 0.15) is 5.75 Å². The quantitative estimate of drug-likeness (QED) is 0.616. The van der Waals surface area contributed by atoms with E-state index in [2.05, 4.69) is 0 Å². The van der Waals surface area contributed by atoms with Crippen molar-refractivity contribution >= 4 is 0 Å². The number of para-hydroxylation sites is 1. The zero-order chi connectivity index (χ0) is 7.56. The second-order valence-corrected chi connectivity index (χ2v) is 2.23. The lowest BCUT2D eigenvalue weighted by atomic mass is 10.1. The molecule has 0 saturated carbocycles. The number of aliphatic hydroxyl groups excluding tert-OH is 1. The molecule has 1 atom stereocenters. The lowest BCUT2D eigenvalue weighted by Crippen LogP contribution is -1.89. The molecule has 1 rings (SSSR count). The highest BCUT2D eigenvalue weighted by molar-refractivity contribution is 5.32. The van der Waals surface area contributed by atoms with Crippen molar-refractivity contribution in [1.29, 1.82) is 0 Å². The van der Waals surface area contributed by atoms with Gasteiger partial charge in [-0.2, -0.15) is 0 Å². The molecule has 0 aliphatic heterocycles. The first-order chi connectivity index (χ1) is 4.72. The molecule has 1 aromatic rings. The Kier molecular flexibility index (Phi) is 1.92. The Balaban J connectivity index is 3.03. The summed E-state index contributed by atoms with van der Waals surface area (Å²) < 4.78 is 0. The van der Waals surface area contributed by atoms with E-state index < -0.39 is 6.10 Å². The van der Waals surface area contributed by atoms with Crippen LogP contribution in [0.3, 0.4) is 0 Å². The van der Waals surface area contributed by atoms with Crippen LogP contribution in [-0.4, -0.2) is 10.2 Å². The Labute approximate surface area is 59.7 Å². The van der Waals surface area contributed by atoms with Crippen LogP contribution in [-0.2, 0) is 0 Å². The SMILES string of the molecule is C[C@H](O)c1ccccc1O. The average molecular weight is 138 g/mol. The first-order valence-corrected chi connectivity index (χ1v) is 3.18. The normalized spacial score (nSPS) is 13.0. The van der Waals surface area contributed by atoms with E-state index in [0.29, 0.717) is 5.56 Å². The molecule has 0 fully saturated rings. The third-order valence-corrected chi connectivity index (χ3v) is 1.39. The Hall–Kier alpha value is -1.02. The van der Waals surface area contributed by atoms with Gasteiger partial charge in [0.2, 0.25) is 0 Å². The summed E-state index contributed by atoms with van der Waals surface area (Å²) in [7, 11) is 0. The van der Waals surface area contributed by atoms with E-state index in [1.807, 2.05) is 0 Å². The summed E-state index contributed by atoms with van der Waals surface area (Å²) in [4.78, 5) is 0. The number of aliphatic hydroxyl groups is 1. The molecular weight excluding hydrogens is 128 g/mol. The van der Waals surface area contributed by atoms with E-state index in [1.54, 1.807) is 31.2 Å². The molecular formula is C8H10O2. The van der Waals surface area contributed by atoms with Gasteiger partial charge >= 0.3 is 0 Å². The summed E-state index contributed by atoms with van der Waals surface area (Å²) in [6, 6.07) is 6.76. The molecule has 0 bridgehead atoms. The number of benzene rings is 1. The fourth-order valence-electron chi connectivity index (χ4n) is 0.841. The summed E-state index contributed by atoms with van der Waals surface area (Å²) in [6.45, 7) is 1.62. The average Bonchev–Trinajstić information content (AvgIpc) is 1.88. The monoisotopic (exact) mass is 138 g/mol. The maximum absolute atomic E-state index is 9.12. The second-order valence-electron chi connectivity index (χ2n) is 2.23. The highest BCUT2D eigenvalue weighted by Crippen LogP contribution is 2.22. The summed E-state index contributed by atoms with van der Waals surface area (Å²) in [5.41, 5.74) is 0.572. The topological polar surface area (TPSA) is 40.5 Å². The van der Waals surface area contributed by atoms with Gasteiger partial charge in [-0.05, 0) is 13.0 Å². The Bertz CT molecular complexity index is 218. The van der Waals surface area contributed by atoms with Gasteiger partial charge in [-0.25, -0.2) is 0 Å². The van der Waals surface area contributed by atoms with Crippen LogP contribution in [0.15, 0.2) is 24.3 Å². The maximum Gasteiger partial charge on any atom is 0.121 e. The molecule has 0 unspecified atom stereocenters. The van der Waals surface area contributed by atoms with Crippen LogP contribution >= 0.6 is 0 Å². The standard InChI is InChI=1S/C8H10O2/c1-6(9)7-4-2-3-5-8(7)10/h2-6,9-10H,1H3/t6-/m0/s1. The zero-order valence-electron chi connectivity index (χ0n) is 5.78. The number of rotatable bonds is 1. The van der Waals surface area contributed by atoms with Crippen LogP contribution in [0.4, 0.5) is 0 Å². The Morgan fingerprint density at radius 1 is 1.30 bits per heavy atom. The van der Waals surface area contributed by atoms with Gasteiger partial charge in [-0.15, -0.1) is 0 Å². The zero-order valence-corrected chi connectivity index (χ0v) is 5.78. The Morgan fingerprint density at radius 3 is 2.30 bits per heavy atom. The molecule has 0 spiro atoms. The van der Waals surface area contributed by atoms with Crippen molar-refractivity contribution in [3.05, 3.63) is 29.8 Å². The summed E-state index contributed by atoms with van der Waals surface area (Å²) in [6.07, 6.45) is -0.596. The number of phenols is 1. The molecule has 2 N–H and O–H groups in total. The molecule has 0 saturated heterocycles. The lowest BCUT2D eigenvalue weighted by molar-refractivity contribution is 0.195. The van der Waals surface area contributed by atoms with Crippen molar-refractivity contribution in [3.8, 4) is 5.75 Å². The Morgan fingerprint density at radius 2 is 1.90 bits per heavy atom. The molecule has 54 valence electrons. The molecule has 10 heavy (non-hydrogen) atoms. The van der Waals surface area contributed by atoms with Crippen LogP contribution in [0.1, 0.15) is 18.6 Å². The summed E-state index contributed by atoms with van der Waals surface area (Å²) >= 11 is 0. The number of hydrogen-bond acceptors (Lipinski definition) is 2. The van der Waals surface area contributed by atoms with Crippen molar-refractivity contribution in [2.45, 2.75) is 13.0 Å². The van der Waals surface area contributed by atoms with E-state index in [1.165, 1.54) is 0 Å². The van der Waals surface area contributed by atoms with E-state index in [4.69, 9.17) is 10.2 Å². The van der Waals surface area contributed by atoms with Crippen molar-refractivity contribution in [3.63, 3.8) is 0 Å². The molecule has 2 nitrogen and oxygen atoms in total. The largest absolute Gasteiger partial charge is 0.508 e. The minimum absolute atomic E-state index is 0.150. The van der Waals surface area contributed by atoms with Gasteiger partial charge in [-0.3, -0.25) is 0 Å². The number of aromatic hydroxyl groups is 1. The minimum Gasteiger partial charge on any atom is -0.508 e. The molecule has 0 aromatic heterocycles. The first-order valence-electron chi connectivity index (χ1n) is 3.18. The first kappa shape index (κ1) is 7.09. The molecule has 0 heterocycles. The van der Waals surface area contributed by atoms with Gasteiger partial charge in [0.05, 0.1) is 6.10 Å². The highest BCUT2D eigenvalue weighted by atomic mass is 16.3. The number of phenolic OH excluding ortho intramolecular Hbond substituents is 1. The highest BCUT2D eigenvalue weighted by Gasteiger charge is 2.03. The van der Waals surface area contributed by atoms with Crippen LogP contribution in [0.2, 0.25) is 0 Å². The van der Waals surface area contributed by atoms with Crippen molar-refractivity contribution in [1.82, 2.24) is 0 Å². The fourth-order valence-corrected chi connectivity index (χ4v) is 0.841. The van der Waals surface area contributed by atoms with Crippen LogP contribution in [0.25, 0.3) is 0 Å². The van der Waals surface area contributed by atoms with E-state index in [9.17, 15) is 0 Å². The van der Waals surface area contributed by atoms with Crippen molar-refractivity contribution in [2.75, 3.05) is 0 Å². The molecule has 2 heteroatoms. The van der Waals surface area contributed by atoms with Crippen LogP contribution in [0.5, 0.6) is 5.75 Å². The minimum atomic E-state index is -0.596. The maximum atomic E-state index is 9.12. The van der Waals surface area contributed by atoms with E-state index in [-0.39, 0.29) is 5.75 Å². The van der Waals surface area contributed by atoms with Gasteiger partial charge < -0.3 is 10.2 Å². The predicted molar refractivity (Wildman–Crippen MR) is 38.7 cm³/mol. The van der Waals surface area contributed by atoms with Gasteiger partial charge in [0, 0.05) is 5.56 Å².